The lowest BCUT2D eigenvalue weighted by Gasteiger charge is -2.13. The first-order chi connectivity index (χ1) is 12.1. The van der Waals surface area contributed by atoms with Crippen LogP contribution in [0.4, 0.5) is 0 Å². The summed E-state index contributed by atoms with van der Waals surface area (Å²) in [7, 11) is 0. The molecule has 0 radical (unpaired) electrons. The van der Waals surface area contributed by atoms with E-state index >= 15 is 0 Å². The van der Waals surface area contributed by atoms with E-state index in [9.17, 15) is 14.7 Å². The molecule has 0 aliphatic heterocycles. The summed E-state index contributed by atoms with van der Waals surface area (Å²) in [6.07, 6.45) is 4.12. The van der Waals surface area contributed by atoms with Gasteiger partial charge in [-0.25, -0.2) is 4.98 Å². The Kier molecular flexibility index (Phi) is 4.35. The van der Waals surface area contributed by atoms with Crippen molar-refractivity contribution >= 4 is 39.3 Å². The first kappa shape index (κ1) is 16.4. The second-order valence-corrected chi connectivity index (χ2v) is 7.95. The molecule has 2 heterocycles. The summed E-state index contributed by atoms with van der Waals surface area (Å²) < 4.78 is 1.53. The van der Waals surface area contributed by atoms with Crippen molar-refractivity contribution in [3.8, 4) is 5.69 Å². The Balaban J connectivity index is 1.98. The lowest BCUT2D eigenvalue weighted by Crippen LogP contribution is -2.26. The minimum atomic E-state index is -1.18. The van der Waals surface area contributed by atoms with Crippen molar-refractivity contribution in [2.45, 2.75) is 30.8 Å². The number of carboxylic acids is 1. The van der Waals surface area contributed by atoms with Crippen molar-refractivity contribution in [2.24, 2.45) is 0 Å². The standard InChI is InChI=1S/C18H16N2O3S2/c21-14(22)10-24-18-19-16-15(12-8-4-5-9-13(12)25-16)17(23)20(18)11-6-2-1-3-7-11/h1-3,6-7H,4-5,8-10H2,(H,21,22)/p-1. The van der Waals surface area contributed by atoms with E-state index < -0.39 is 5.97 Å². The summed E-state index contributed by atoms with van der Waals surface area (Å²) in [5, 5.41) is 12.0. The summed E-state index contributed by atoms with van der Waals surface area (Å²) >= 11 is 2.59. The lowest BCUT2D eigenvalue weighted by atomic mass is 9.97. The molecule has 4 rings (SSSR count). The van der Waals surface area contributed by atoms with E-state index in [4.69, 9.17) is 0 Å². The molecule has 0 saturated carbocycles. The maximum absolute atomic E-state index is 13.3. The molecular weight excluding hydrogens is 356 g/mol. The van der Waals surface area contributed by atoms with Gasteiger partial charge in [-0.05, 0) is 43.4 Å². The van der Waals surface area contributed by atoms with E-state index in [0.29, 0.717) is 21.1 Å². The molecule has 0 atom stereocenters. The predicted octanol–water partition coefficient (Wildman–Crippen LogP) is 2.17. The van der Waals surface area contributed by atoms with Crippen LogP contribution >= 0.6 is 23.1 Å². The summed E-state index contributed by atoms with van der Waals surface area (Å²) in [5.41, 5.74) is 1.71. The smallest absolute Gasteiger partial charge is 0.267 e. The van der Waals surface area contributed by atoms with Gasteiger partial charge < -0.3 is 9.90 Å². The van der Waals surface area contributed by atoms with Crippen LogP contribution in [0, 0.1) is 0 Å². The third-order valence-electron chi connectivity index (χ3n) is 4.29. The number of nitrogens with zero attached hydrogens (tertiary/aromatic N) is 2. The van der Waals surface area contributed by atoms with Crippen molar-refractivity contribution in [1.29, 1.82) is 0 Å². The molecule has 0 bridgehead atoms. The van der Waals surface area contributed by atoms with Crippen LogP contribution in [0.15, 0.2) is 40.3 Å². The Bertz CT molecular complexity index is 1010. The molecule has 0 N–H and O–H groups in total. The number of benzene rings is 1. The fourth-order valence-corrected chi connectivity index (χ4v) is 5.24. The number of aromatic nitrogens is 2. The van der Waals surface area contributed by atoms with Gasteiger partial charge in [-0.1, -0.05) is 30.0 Å². The Morgan fingerprint density at radius 2 is 2.00 bits per heavy atom. The zero-order valence-electron chi connectivity index (χ0n) is 13.4. The highest BCUT2D eigenvalue weighted by molar-refractivity contribution is 7.99. The van der Waals surface area contributed by atoms with Crippen LogP contribution < -0.4 is 10.7 Å². The maximum atomic E-state index is 13.3. The summed E-state index contributed by atoms with van der Waals surface area (Å²) in [5.74, 6) is -1.42. The first-order valence-corrected chi connectivity index (χ1v) is 9.90. The van der Waals surface area contributed by atoms with E-state index in [0.717, 1.165) is 43.0 Å². The Morgan fingerprint density at radius 3 is 2.76 bits per heavy atom. The van der Waals surface area contributed by atoms with E-state index in [1.165, 1.54) is 9.44 Å². The molecule has 1 aliphatic carbocycles. The molecule has 5 nitrogen and oxygen atoms in total. The number of carbonyl (C=O) groups excluding carboxylic acids is 1. The fourth-order valence-electron chi connectivity index (χ4n) is 3.21. The molecule has 3 aromatic rings. The number of carbonyl (C=O) groups is 1. The molecule has 7 heteroatoms. The van der Waals surface area contributed by atoms with Gasteiger partial charge in [-0.3, -0.25) is 9.36 Å². The molecule has 1 aromatic carbocycles. The third kappa shape index (κ3) is 2.98. The minimum Gasteiger partial charge on any atom is -0.549 e. The largest absolute Gasteiger partial charge is 0.549 e. The van der Waals surface area contributed by atoms with E-state index in [1.54, 1.807) is 11.3 Å². The normalized spacial score (nSPS) is 13.8. The van der Waals surface area contributed by atoms with Crippen LogP contribution in [0.25, 0.3) is 15.9 Å². The van der Waals surface area contributed by atoms with Crippen molar-refractivity contribution in [1.82, 2.24) is 9.55 Å². The monoisotopic (exact) mass is 371 g/mol. The summed E-state index contributed by atoms with van der Waals surface area (Å²) in [6.45, 7) is 0. The molecule has 0 saturated heterocycles. The highest BCUT2D eigenvalue weighted by Crippen LogP contribution is 2.35. The van der Waals surface area contributed by atoms with Gasteiger partial charge in [0, 0.05) is 10.6 Å². The first-order valence-electron chi connectivity index (χ1n) is 8.10. The van der Waals surface area contributed by atoms with Crippen LogP contribution in [0.5, 0.6) is 0 Å². The van der Waals surface area contributed by atoms with Crippen LogP contribution in [0.3, 0.4) is 0 Å². The average Bonchev–Trinajstić information content (AvgIpc) is 2.99. The lowest BCUT2D eigenvalue weighted by molar-refractivity contribution is -0.301. The second-order valence-electron chi connectivity index (χ2n) is 5.92. The van der Waals surface area contributed by atoms with Crippen molar-refractivity contribution in [2.75, 3.05) is 5.75 Å². The highest BCUT2D eigenvalue weighted by atomic mass is 32.2. The third-order valence-corrected chi connectivity index (χ3v) is 6.39. The number of fused-ring (bicyclic) bond motifs is 3. The van der Waals surface area contributed by atoms with Crippen LogP contribution in [-0.4, -0.2) is 21.3 Å². The number of hydrogen-bond donors (Lipinski definition) is 0. The molecule has 0 fully saturated rings. The van der Waals surface area contributed by atoms with E-state index in [2.05, 4.69) is 4.98 Å². The molecule has 128 valence electrons. The van der Waals surface area contributed by atoms with Gasteiger partial charge in [0.05, 0.1) is 17.0 Å². The average molecular weight is 371 g/mol. The van der Waals surface area contributed by atoms with Gasteiger partial charge >= 0.3 is 0 Å². The topological polar surface area (TPSA) is 75.0 Å². The van der Waals surface area contributed by atoms with Crippen molar-refractivity contribution in [3.63, 3.8) is 0 Å². The predicted molar refractivity (Wildman–Crippen MR) is 97.6 cm³/mol. The summed E-state index contributed by atoms with van der Waals surface area (Å²) in [6, 6.07) is 9.24. The van der Waals surface area contributed by atoms with Crippen LogP contribution in [0.1, 0.15) is 23.3 Å². The molecule has 0 unspecified atom stereocenters. The van der Waals surface area contributed by atoms with E-state index in [-0.39, 0.29) is 11.3 Å². The van der Waals surface area contributed by atoms with Gasteiger partial charge in [-0.15, -0.1) is 11.3 Å². The summed E-state index contributed by atoms with van der Waals surface area (Å²) in [4.78, 5) is 30.8. The Hall–Kier alpha value is -2.12. The van der Waals surface area contributed by atoms with Gasteiger partial charge in [0.25, 0.3) is 5.56 Å². The number of carboxylic acid groups (broad SMARTS) is 1. The Morgan fingerprint density at radius 1 is 1.24 bits per heavy atom. The molecule has 2 aromatic heterocycles. The Labute approximate surface area is 152 Å². The second kappa shape index (κ2) is 6.65. The van der Waals surface area contributed by atoms with Gasteiger partial charge in [0.2, 0.25) is 0 Å². The number of para-hydroxylation sites is 1. The van der Waals surface area contributed by atoms with Crippen molar-refractivity contribution < 1.29 is 9.90 Å². The van der Waals surface area contributed by atoms with Crippen molar-refractivity contribution in [3.05, 3.63) is 51.1 Å². The quantitative estimate of drug-likeness (QED) is 0.519. The molecule has 0 amide bonds. The van der Waals surface area contributed by atoms with Gasteiger partial charge in [-0.2, -0.15) is 0 Å². The molecule has 0 spiro atoms. The zero-order chi connectivity index (χ0) is 17.4. The molecule has 1 aliphatic rings. The SMILES string of the molecule is O=C([O-])CSc1nc2sc3c(c2c(=O)n1-c1ccccc1)CCCC3. The number of thiophene rings is 1. The molecule has 25 heavy (non-hydrogen) atoms. The molecular formula is C18H15N2O3S2-. The fraction of sp³-hybridized carbons (Fsp3) is 0.278. The van der Waals surface area contributed by atoms with Crippen LogP contribution in [-0.2, 0) is 17.6 Å². The number of hydrogen-bond acceptors (Lipinski definition) is 6. The zero-order valence-corrected chi connectivity index (χ0v) is 15.0. The van der Waals surface area contributed by atoms with Gasteiger partial charge in [0.15, 0.2) is 5.16 Å². The number of aryl methyl sites for hydroxylation is 2. The number of aliphatic carboxylic acids is 1. The minimum absolute atomic E-state index is 0.114. The maximum Gasteiger partial charge on any atom is 0.267 e. The van der Waals surface area contributed by atoms with Crippen LogP contribution in [0.2, 0.25) is 0 Å². The number of rotatable bonds is 4. The van der Waals surface area contributed by atoms with E-state index in [1.807, 2.05) is 30.3 Å². The number of thioether (sulfide) groups is 1. The highest BCUT2D eigenvalue weighted by Gasteiger charge is 2.22. The van der Waals surface area contributed by atoms with Gasteiger partial charge in [0.1, 0.15) is 4.83 Å².